The van der Waals surface area contributed by atoms with Crippen LogP contribution in [0.15, 0.2) is 6.33 Å². The third-order valence-corrected chi connectivity index (χ3v) is 4.76. The van der Waals surface area contributed by atoms with Crippen LogP contribution in [0.3, 0.4) is 0 Å². The molecule has 120 valence electrons. The molecule has 0 unspecified atom stereocenters. The standard InChI is InChI=1S/C16H25N5O/c1-4-20-9-7-13-12(10-20)15(18-11-17-13)21-8-5-6-14(21)16(22)19(2)3/h11,14H,4-10H2,1-3H3/t14-/m0/s1. The second kappa shape index (κ2) is 6.20. The summed E-state index contributed by atoms with van der Waals surface area (Å²) in [6.07, 6.45) is 4.58. The number of hydrogen-bond acceptors (Lipinski definition) is 5. The Hall–Kier alpha value is -1.69. The predicted octanol–water partition coefficient (Wildman–Crippen LogP) is 0.912. The summed E-state index contributed by atoms with van der Waals surface area (Å²) in [5.74, 6) is 1.15. The summed E-state index contributed by atoms with van der Waals surface area (Å²) in [5, 5.41) is 0. The number of anilines is 1. The molecule has 0 radical (unpaired) electrons. The molecule has 22 heavy (non-hydrogen) atoms. The highest BCUT2D eigenvalue weighted by atomic mass is 16.2. The van der Waals surface area contributed by atoms with Crippen molar-refractivity contribution >= 4 is 11.7 Å². The minimum atomic E-state index is -0.0778. The van der Waals surface area contributed by atoms with E-state index in [0.717, 1.165) is 57.0 Å². The molecule has 1 aromatic rings. The Labute approximate surface area is 132 Å². The van der Waals surface area contributed by atoms with Gasteiger partial charge in [-0.1, -0.05) is 6.92 Å². The second-order valence-electron chi connectivity index (χ2n) is 6.33. The number of likely N-dealkylation sites (N-methyl/N-ethyl adjacent to an activating group) is 2. The van der Waals surface area contributed by atoms with Crippen LogP contribution in [0.5, 0.6) is 0 Å². The molecule has 0 aliphatic carbocycles. The number of amides is 1. The maximum absolute atomic E-state index is 12.4. The van der Waals surface area contributed by atoms with E-state index < -0.39 is 0 Å². The summed E-state index contributed by atoms with van der Waals surface area (Å²) in [6, 6.07) is -0.0778. The van der Waals surface area contributed by atoms with Gasteiger partial charge in [-0.05, 0) is 19.4 Å². The molecule has 0 aromatic carbocycles. The molecule has 0 saturated carbocycles. The van der Waals surface area contributed by atoms with E-state index in [9.17, 15) is 4.79 Å². The van der Waals surface area contributed by atoms with E-state index in [1.54, 1.807) is 11.2 Å². The van der Waals surface area contributed by atoms with E-state index >= 15 is 0 Å². The highest BCUT2D eigenvalue weighted by Gasteiger charge is 2.35. The van der Waals surface area contributed by atoms with Crippen molar-refractivity contribution < 1.29 is 4.79 Å². The number of carbonyl (C=O) groups excluding carboxylic acids is 1. The van der Waals surface area contributed by atoms with Crippen LogP contribution in [0.1, 0.15) is 31.0 Å². The summed E-state index contributed by atoms with van der Waals surface area (Å²) >= 11 is 0. The number of fused-ring (bicyclic) bond motifs is 1. The molecule has 6 nitrogen and oxygen atoms in total. The van der Waals surface area contributed by atoms with Crippen molar-refractivity contribution in [3.8, 4) is 0 Å². The maximum atomic E-state index is 12.4. The van der Waals surface area contributed by atoms with Crippen LogP contribution in [0.2, 0.25) is 0 Å². The van der Waals surface area contributed by atoms with Crippen LogP contribution in [-0.4, -0.2) is 65.4 Å². The molecule has 0 bridgehead atoms. The van der Waals surface area contributed by atoms with Crippen molar-refractivity contribution in [2.45, 2.75) is 38.8 Å². The van der Waals surface area contributed by atoms with E-state index in [0.29, 0.717) is 0 Å². The summed E-state index contributed by atoms with van der Waals surface area (Å²) in [7, 11) is 3.65. The van der Waals surface area contributed by atoms with Crippen LogP contribution in [0.25, 0.3) is 0 Å². The van der Waals surface area contributed by atoms with E-state index in [1.807, 2.05) is 14.1 Å². The van der Waals surface area contributed by atoms with Gasteiger partial charge in [0.2, 0.25) is 5.91 Å². The van der Waals surface area contributed by atoms with Crippen LogP contribution >= 0.6 is 0 Å². The van der Waals surface area contributed by atoms with Gasteiger partial charge in [0.1, 0.15) is 18.2 Å². The molecule has 1 amide bonds. The molecule has 6 heteroatoms. The van der Waals surface area contributed by atoms with Gasteiger partial charge in [-0.3, -0.25) is 9.69 Å². The molecule has 2 aliphatic rings. The van der Waals surface area contributed by atoms with Crippen molar-refractivity contribution in [3.05, 3.63) is 17.6 Å². The number of nitrogens with zero attached hydrogens (tertiary/aromatic N) is 5. The van der Waals surface area contributed by atoms with Crippen molar-refractivity contribution in [2.75, 3.05) is 38.6 Å². The smallest absolute Gasteiger partial charge is 0.244 e. The lowest BCUT2D eigenvalue weighted by Crippen LogP contribution is -2.44. The van der Waals surface area contributed by atoms with Gasteiger partial charge in [-0.15, -0.1) is 0 Å². The fourth-order valence-electron chi connectivity index (χ4n) is 3.47. The normalized spacial score (nSPS) is 21.8. The van der Waals surface area contributed by atoms with Crippen molar-refractivity contribution in [1.29, 1.82) is 0 Å². The first kappa shape index (κ1) is 15.2. The first-order valence-corrected chi connectivity index (χ1v) is 8.14. The van der Waals surface area contributed by atoms with Crippen LogP contribution < -0.4 is 4.90 Å². The Morgan fingerprint density at radius 1 is 1.36 bits per heavy atom. The molecular formula is C16H25N5O. The highest BCUT2D eigenvalue weighted by Crippen LogP contribution is 2.31. The monoisotopic (exact) mass is 303 g/mol. The van der Waals surface area contributed by atoms with Gasteiger partial charge in [0, 0.05) is 45.7 Å². The topological polar surface area (TPSA) is 52.6 Å². The first-order valence-electron chi connectivity index (χ1n) is 8.14. The molecule has 3 heterocycles. The fraction of sp³-hybridized carbons (Fsp3) is 0.688. The van der Waals surface area contributed by atoms with Gasteiger partial charge in [0.15, 0.2) is 0 Å². The van der Waals surface area contributed by atoms with Gasteiger partial charge in [0.25, 0.3) is 0 Å². The van der Waals surface area contributed by atoms with Crippen molar-refractivity contribution in [2.24, 2.45) is 0 Å². The van der Waals surface area contributed by atoms with Gasteiger partial charge in [-0.25, -0.2) is 9.97 Å². The van der Waals surface area contributed by atoms with E-state index in [-0.39, 0.29) is 11.9 Å². The maximum Gasteiger partial charge on any atom is 0.244 e. The molecular weight excluding hydrogens is 278 g/mol. The highest BCUT2D eigenvalue weighted by molar-refractivity contribution is 5.85. The molecule has 0 N–H and O–H groups in total. The zero-order chi connectivity index (χ0) is 15.7. The lowest BCUT2D eigenvalue weighted by molar-refractivity contribution is -0.129. The Bertz CT molecular complexity index is 559. The van der Waals surface area contributed by atoms with Gasteiger partial charge < -0.3 is 9.80 Å². The third kappa shape index (κ3) is 2.67. The Morgan fingerprint density at radius 3 is 2.91 bits per heavy atom. The number of aromatic nitrogens is 2. The molecule has 1 atom stereocenters. The third-order valence-electron chi connectivity index (χ3n) is 4.76. The van der Waals surface area contributed by atoms with E-state index in [2.05, 4.69) is 26.7 Å². The summed E-state index contributed by atoms with van der Waals surface area (Å²) in [6.45, 7) is 6.07. The summed E-state index contributed by atoms with van der Waals surface area (Å²) < 4.78 is 0. The molecule has 2 aliphatic heterocycles. The number of rotatable bonds is 3. The molecule has 0 spiro atoms. The fourth-order valence-corrected chi connectivity index (χ4v) is 3.47. The molecule has 3 rings (SSSR count). The predicted molar refractivity (Wildman–Crippen MR) is 85.7 cm³/mol. The quantitative estimate of drug-likeness (QED) is 0.831. The second-order valence-corrected chi connectivity index (χ2v) is 6.33. The largest absolute Gasteiger partial charge is 0.347 e. The first-order chi connectivity index (χ1) is 10.6. The van der Waals surface area contributed by atoms with Crippen LogP contribution in [0, 0.1) is 0 Å². The average molecular weight is 303 g/mol. The average Bonchev–Trinajstić information content (AvgIpc) is 3.02. The van der Waals surface area contributed by atoms with Gasteiger partial charge >= 0.3 is 0 Å². The number of hydrogen-bond donors (Lipinski definition) is 0. The SMILES string of the molecule is CCN1CCc2ncnc(N3CCC[C@H]3C(=O)N(C)C)c2C1. The Kier molecular flexibility index (Phi) is 4.29. The number of carbonyl (C=O) groups is 1. The Balaban J connectivity index is 1.93. The van der Waals surface area contributed by atoms with E-state index in [1.165, 1.54) is 5.56 Å². The zero-order valence-electron chi connectivity index (χ0n) is 13.7. The Morgan fingerprint density at radius 2 is 2.18 bits per heavy atom. The van der Waals surface area contributed by atoms with Crippen molar-refractivity contribution in [3.63, 3.8) is 0 Å². The lowest BCUT2D eigenvalue weighted by atomic mass is 10.1. The summed E-state index contributed by atoms with van der Waals surface area (Å²) in [4.78, 5) is 27.8. The van der Waals surface area contributed by atoms with Crippen LogP contribution in [0.4, 0.5) is 5.82 Å². The van der Waals surface area contributed by atoms with Gasteiger partial charge in [-0.2, -0.15) is 0 Å². The zero-order valence-corrected chi connectivity index (χ0v) is 13.7. The molecule has 1 fully saturated rings. The minimum Gasteiger partial charge on any atom is -0.347 e. The van der Waals surface area contributed by atoms with E-state index in [4.69, 9.17) is 0 Å². The molecule has 1 saturated heterocycles. The molecule has 1 aromatic heterocycles. The lowest BCUT2D eigenvalue weighted by Gasteiger charge is -2.33. The minimum absolute atomic E-state index is 0.0778. The van der Waals surface area contributed by atoms with Crippen molar-refractivity contribution in [1.82, 2.24) is 19.8 Å². The summed E-state index contributed by atoms with van der Waals surface area (Å²) in [5.41, 5.74) is 2.37. The van der Waals surface area contributed by atoms with Crippen LogP contribution in [-0.2, 0) is 17.8 Å². The van der Waals surface area contributed by atoms with Gasteiger partial charge in [0.05, 0.1) is 5.69 Å².